The maximum absolute atomic E-state index is 13.8. The lowest BCUT2D eigenvalue weighted by Crippen LogP contribution is -2.29. The average Bonchev–Trinajstić information content (AvgIpc) is 3.12. The van der Waals surface area contributed by atoms with Crippen LogP contribution in [-0.4, -0.2) is 12.5 Å². The van der Waals surface area contributed by atoms with Crippen molar-refractivity contribution in [2.24, 2.45) is 0 Å². The number of amides is 1. The number of anilines is 1. The van der Waals surface area contributed by atoms with Crippen molar-refractivity contribution in [2.45, 2.75) is 32.7 Å². The van der Waals surface area contributed by atoms with E-state index in [1.165, 1.54) is 0 Å². The molecule has 0 spiro atoms. The van der Waals surface area contributed by atoms with Crippen LogP contribution in [0.25, 0.3) is 11.0 Å². The summed E-state index contributed by atoms with van der Waals surface area (Å²) in [5.41, 5.74) is 3.06. The second kappa shape index (κ2) is 9.11. The lowest BCUT2D eigenvalue weighted by molar-refractivity contribution is 0.0971. The number of unbranched alkanes of at least 4 members (excludes halogenated alkanes) is 1. The molecule has 1 unspecified atom stereocenters. The molecule has 0 bridgehead atoms. The molecule has 0 radical (unpaired) electrons. The molecule has 0 saturated carbocycles. The van der Waals surface area contributed by atoms with Crippen molar-refractivity contribution in [2.75, 3.05) is 11.5 Å². The van der Waals surface area contributed by atoms with Crippen molar-refractivity contribution in [3.63, 3.8) is 0 Å². The molecule has 0 aliphatic carbocycles. The van der Waals surface area contributed by atoms with Crippen molar-refractivity contribution in [3.8, 4) is 5.75 Å². The van der Waals surface area contributed by atoms with Gasteiger partial charge in [-0.3, -0.25) is 14.5 Å². The second-order valence-electron chi connectivity index (χ2n) is 8.51. The molecule has 4 aromatic rings. The number of benzene rings is 3. The molecule has 1 aliphatic heterocycles. The van der Waals surface area contributed by atoms with Gasteiger partial charge in [-0.25, -0.2) is 0 Å². The number of hydrogen-bond acceptors (Lipinski definition) is 4. The third-order valence-electron chi connectivity index (χ3n) is 6.05. The third kappa shape index (κ3) is 3.92. The number of fused-ring (bicyclic) bond motifs is 2. The molecule has 1 atom stereocenters. The van der Waals surface area contributed by atoms with E-state index in [0.29, 0.717) is 34.6 Å². The Morgan fingerprint density at radius 2 is 1.85 bits per heavy atom. The van der Waals surface area contributed by atoms with Crippen LogP contribution in [0.15, 0.2) is 80.4 Å². The number of hydrogen-bond donors (Lipinski definition) is 0. The van der Waals surface area contributed by atoms with Gasteiger partial charge in [0.15, 0.2) is 5.43 Å². The van der Waals surface area contributed by atoms with Gasteiger partial charge < -0.3 is 9.15 Å². The quantitative estimate of drug-likeness (QED) is 0.264. The first-order valence-corrected chi connectivity index (χ1v) is 12.2. The minimum Gasteiger partial charge on any atom is -0.494 e. The van der Waals surface area contributed by atoms with Crippen LogP contribution in [-0.2, 0) is 0 Å². The third-order valence-corrected chi connectivity index (χ3v) is 6.55. The van der Waals surface area contributed by atoms with Gasteiger partial charge in [0.1, 0.15) is 11.3 Å². The number of aryl methyl sites for hydroxylation is 1. The first-order chi connectivity index (χ1) is 16.5. The molecule has 0 saturated heterocycles. The van der Waals surface area contributed by atoms with Crippen LogP contribution in [0.4, 0.5) is 5.69 Å². The van der Waals surface area contributed by atoms with E-state index in [9.17, 15) is 9.59 Å². The fraction of sp³-hybridized carbons (Fsp3) is 0.214. The van der Waals surface area contributed by atoms with Crippen LogP contribution in [0.5, 0.6) is 5.75 Å². The number of carbonyl (C=O) groups is 1. The Labute approximate surface area is 206 Å². The second-order valence-corrected chi connectivity index (χ2v) is 9.42. The zero-order valence-electron chi connectivity index (χ0n) is 19.0. The first kappa shape index (κ1) is 22.4. The van der Waals surface area contributed by atoms with Crippen LogP contribution < -0.4 is 15.1 Å². The standard InChI is InChI=1S/C28H24BrNO4/c1-3-4-13-33-21-10-6-8-18(15-21)25-24-26(31)22-16-19(29)11-12-23(22)34-27(24)28(32)30(25)20-9-5-7-17(2)14-20/h5-12,14-16,25H,3-4,13H2,1-2H3. The molecule has 1 aromatic heterocycles. The predicted octanol–water partition coefficient (Wildman–Crippen LogP) is 6.79. The van der Waals surface area contributed by atoms with E-state index in [0.717, 1.165) is 28.4 Å². The lowest BCUT2D eigenvalue weighted by atomic mass is 9.98. The van der Waals surface area contributed by atoms with Crippen molar-refractivity contribution in [1.29, 1.82) is 0 Å². The van der Waals surface area contributed by atoms with E-state index in [2.05, 4.69) is 22.9 Å². The number of nitrogens with zero attached hydrogens (tertiary/aromatic N) is 1. The van der Waals surface area contributed by atoms with E-state index >= 15 is 0 Å². The largest absolute Gasteiger partial charge is 0.494 e. The van der Waals surface area contributed by atoms with Gasteiger partial charge in [-0.05, 0) is 66.9 Å². The van der Waals surface area contributed by atoms with Gasteiger partial charge in [-0.1, -0.05) is 53.5 Å². The number of ether oxygens (including phenoxy) is 1. The smallest absolute Gasteiger partial charge is 0.295 e. The molecule has 5 nitrogen and oxygen atoms in total. The zero-order valence-corrected chi connectivity index (χ0v) is 20.6. The fourth-order valence-electron chi connectivity index (χ4n) is 4.41. The molecule has 1 amide bonds. The maximum Gasteiger partial charge on any atom is 0.295 e. The van der Waals surface area contributed by atoms with Crippen LogP contribution in [0, 0.1) is 6.92 Å². The van der Waals surface area contributed by atoms with Crippen LogP contribution in [0.1, 0.15) is 53.1 Å². The summed E-state index contributed by atoms with van der Waals surface area (Å²) in [6.45, 7) is 4.70. The first-order valence-electron chi connectivity index (χ1n) is 11.4. The summed E-state index contributed by atoms with van der Waals surface area (Å²) in [5, 5.41) is 0.437. The molecule has 172 valence electrons. The van der Waals surface area contributed by atoms with Gasteiger partial charge in [-0.15, -0.1) is 0 Å². The molecular weight excluding hydrogens is 494 g/mol. The highest BCUT2D eigenvalue weighted by Gasteiger charge is 2.43. The monoisotopic (exact) mass is 517 g/mol. The number of rotatable bonds is 6. The summed E-state index contributed by atoms with van der Waals surface area (Å²) in [5.74, 6) is 0.470. The van der Waals surface area contributed by atoms with Crippen LogP contribution in [0.3, 0.4) is 0 Å². The van der Waals surface area contributed by atoms with E-state index < -0.39 is 6.04 Å². The lowest BCUT2D eigenvalue weighted by Gasteiger charge is -2.26. The van der Waals surface area contributed by atoms with Crippen molar-refractivity contribution < 1.29 is 13.9 Å². The van der Waals surface area contributed by atoms with Crippen LogP contribution >= 0.6 is 15.9 Å². The Morgan fingerprint density at radius 1 is 1.03 bits per heavy atom. The van der Waals surface area contributed by atoms with E-state index in [1.807, 2.05) is 55.5 Å². The van der Waals surface area contributed by atoms with Crippen molar-refractivity contribution >= 4 is 38.5 Å². The zero-order chi connectivity index (χ0) is 23.8. The highest BCUT2D eigenvalue weighted by molar-refractivity contribution is 9.10. The predicted molar refractivity (Wildman–Crippen MR) is 137 cm³/mol. The number of halogens is 1. The van der Waals surface area contributed by atoms with Gasteiger partial charge in [0.2, 0.25) is 5.76 Å². The topological polar surface area (TPSA) is 59.8 Å². The van der Waals surface area contributed by atoms with Crippen molar-refractivity contribution in [3.05, 3.63) is 104 Å². The SMILES string of the molecule is CCCCOc1cccc(C2c3c(oc4ccc(Br)cc4c3=O)C(=O)N2c2cccc(C)c2)c1. The Morgan fingerprint density at radius 3 is 2.65 bits per heavy atom. The summed E-state index contributed by atoms with van der Waals surface area (Å²) in [6, 6.07) is 20.0. The Kier molecular flexibility index (Phi) is 6.00. The van der Waals surface area contributed by atoms with Gasteiger partial charge in [0, 0.05) is 10.2 Å². The Bertz CT molecular complexity index is 1460. The molecule has 5 rings (SSSR count). The Balaban J connectivity index is 1.72. The highest BCUT2D eigenvalue weighted by Crippen LogP contribution is 2.42. The van der Waals surface area contributed by atoms with Crippen molar-refractivity contribution in [1.82, 2.24) is 0 Å². The van der Waals surface area contributed by atoms with Crippen LogP contribution in [0.2, 0.25) is 0 Å². The molecule has 2 heterocycles. The summed E-state index contributed by atoms with van der Waals surface area (Å²) >= 11 is 3.44. The van der Waals surface area contributed by atoms with E-state index in [-0.39, 0.29) is 17.1 Å². The minimum atomic E-state index is -0.626. The molecule has 0 fully saturated rings. The molecule has 6 heteroatoms. The fourth-order valence-corrected chi connectivity index (χ4v) is 4.77. The summed E-state index contributed by atoms with van der Waals surface area (Å²) in [7, 11) is 0. The number of carbonyl (C=O) groups excluding carboxylic acids is 1. The summed E-state index contributed by atoms with van der Waals surface area (Å²) < 4.78 is 12.8. The Hall–Kier alpha value is -3.38. The molecule has 0 N–H and O–H groups in total. The maximum atomic E-state index is 13.8. The minimum absolute atomic E-state index is 0.0867. The normalized spacial score (nSPS) is 15.1. The highest BCUT2D eigenvalue weighted by atomic mass is 79.9. The average molecular weight is 518 g/mol. The van der Waals surface area contributed by atoms with Gasteiger partial charge >= 0.3 is 0 Å². The molecular formula is C28H24BrNO4. The van der Waals surface area contributed by atoms with E-state index in [1.54, 1.807) is 23.1 Å². The summed E-state index contributed by atoms with van der Waals surface area (Å²) in [6.07, 6.45) is 1.99. The molecule has 3 aromatic carbocycles. The van der Waals surface area contributed by atoms with Gasteiger partial charge in [-0.2, -0.15) is 0 Å². The molecule has 1 aliphatic rings. The van der Waals surface area contributed by atoms with E-state index in [4.69, 9.17) is 9.15 Å². The summed E-state index contributed by atoms with van der Waals surface area (Å²) in [4.78, 5) is 29.1. The van der Waals surface area contributed by atoms with Gasteiger partial charge in [0.25, 0.3) is 5.91 Å². The van der Waals surface area contributed by atoms with Gasteiger partial charge in [0.05, 0.1) is 23.6 Å². The molecule has 34 heavy (non-hydrogen) atoms.